The summed E-state index contributed by atoms with van der Waals surface area (Å²) in [6, 6.07) is 10.1. The summed E-state index contributed by atoms with van der Waals surface area (Å²) in [7, 11) is -4.74. The van der Waals surface area contributed by atoms with Gasteiger partial charge in [0.05, 0.1) is 11.4 Å². The van der Waals surface area contributed by atoms with Gasteiger partial charge in [0, 0.05) is 22.7 Å². The van der Waals surface area contributed by atoms with E-state index < -0.39 is 26.7 Å². The van der Waals surface area contributed by atoms with Gasteiger partial charge in [0.1, 0.15) is 16.3 Å². The SMILES string of the molecule is CC(=O)Nc1cc(N=Nc2cc(Cl)cc(S(=O)(=O)O)c2O)c2ccccc2c1O. The van der Waals surface area contributed by atoms with Crippen molar-refractivity contribution in [3.05, 3.63) is 47.5 Å². The van der Waals surface area contributed by atoms with Gasteiger partial charge in [-0.15, -0.1) is 10.2 Å². The van der Waals surface area contributed by atoms with Crippen LogP contribution in [-0.2, 0) is 14.9 Å². The van der Waals surface area contributed by atoms with Crippen LogP contribution in [-0.4, -0.2) is 29.1 Å². The van der Waals surface area contributed by atoms with Gasteiger partial charge in [-0.05, 0) is 18.2 Å². The van der Waals surface area contributed by atoms with E-state index in [2.05, 4.69) is 15.5 Å². The van der Waals surface area contributed by atoms with Gasteiger partial charge < -0.3 is 15.5 Å². The summed E-state index contributed by atoms with van der Waals surface area (Å²) < 4.78 is 32.0. The molecule has 1 amide bonds. The van der Waals surface area contributed by atoms with Crippen molar-refractivity contribution in [2.75, 3.05) is 5.32 Å². The Kier molecular flexibility index (Phi) is 5.42. The smallest absolute Gasteiger partial charge is 0.298 e. The molecular weight excluding hydrogens is 422 g/mol. The lowest BCUT2D eigenvalue weighted by molar-refractivity contribution is -0.114. The number of azo groups is 1. The van der Waals surface area contributed by atoms with Crippen LogP contribution in [0.25, 0.3) is 10.8 Å². The Morgan fingerprint density at radius 1 is 1.00 bits per heavy atom. The van der Waals surface area contributed by atoms with E-state index >= 15 is 0 Å². The van der Waals surface area contributed by atoms with Crippen LogP contribution in [0.3, 0.4) is 0 Å². The van der Waals surface area contributed by atoms with Gasteiger partial charge in [0.2, 0.25) is 5.91 Å². The second-order valence-corrected chi connectivity index (χ2v) is 7.79. The average Bonchev–Trinajstić information content (AvgIpc) is 2.64. The zero-order valence-corrected chi connectivity index (χ0v) is 16.4. The highest BCUT2D eigenvalue weighted by Crippen LogP contribution is 2.41. The molecule has 0 aromatic heterocycles. The van der Waals surface area contributed by atoms with Crippen LogP contribution in [0.4, 0.5) is 17.1 Å². The van der Waals surface area contributed by atoms with E-state index in [-0.39, 0.29) is 27.8 Å². The topological polar surface area (TPSA) is 149 Å². The molecule has 0 spiro atoms. The van der Waals surface area contributed by atoms with Gasteiger partial charge in [0.15, 0.2) is 5.75 Å². The van der Waals surface area contributed by atoms with Crippen molar-refractivity contribution >= 4 is 55.5 Å². The number of halogens is 1. The maximum atomic E-state index is 11.4. The molecule has 0 aliphatic rings. The number of hydrogen-bond donors (Lipinski definition) is 4. The van der Waals surface area contributed by atoms with E-state index in [1.165, 1.54) is 13.0 Å². The summed E-state index contributed by atoms with van der Waals surface area (Å²) in [4.78, 5) is 10.6. The minimum Gasteiger partial charge on any atom is -0.505 e. The lowest BCUT2D eigenvalue weighted by atomic mass is 10.1. The fourth-order valence-corrected chi connectivity index (χ4v) is 3.55. The molecule has 150 valence electrons. The fourth-order valence-electron chi connectivity index (χ4n) is 2.65. The number of aromatic hydroxyl groups is 2. The van der Waals surface area contributed by atoms with Crippen molar-refractivity contribution in [2.45, 2.75) is 11.8 Å². The number of amides is 1. The molecule has 0 saturated carbocycles. The van der Waals surface area contributed by atoms with E-state index in [9.17, 15) is 28.0 Å². The Hall–Kier alpha value is -3.21. The van der Waals surface area contributed by atoms with Gasteiger partial charge in [0.25, 0.3) is 10.1 Å². The van der Waals surface area contributed by atoms with Gasteiger partial charge in [-0.25, -0.2) is 0 Å². The minimum absolute atomic E-state index is 0.0964. The number of carbonyl (C=O) groups excluding carboxylic acids is 1. The Labute approximate surface area is 170 Å². The molecule has 0 radical (unpaired) electrons. The molecule has 0 heterocycles. The van der Waals surface area contributed by atoms with Crippen LogP contribution in [0.15, 0.2) is 57.6 Å². The van der Waals surface area contributed by atoms with Crippen molar-refractivity contribution in [1.29, 1.82) is 0 Å². The average molecular weight is 436 g/mol. The van der Waals surface area contributed by atoms with Crippen LogP contribution in [0.5, 0.6) is 11.5 Å². The number of nitrogens with one attached hydrogen (secondary N) is 1. The van der Waals surface area contributed by atoms with E-state index in [0.717, 1.165) is 12.1 Å². The predicted molar refractivity (Wildman–Crippen MR) is 107 cm³/mol. The Morgan fingerprint density at radius 3 is 2.24 bits per heavy atom. The summed E-state index contributed by atoms with van der Waals surface area (Å²) in [5.74, 6) is -1.40. The quantitative estimate of drug-likeness (QED) is 0.269. The van der Waals surface area contributed by atoms with E-state index in [4.69, 9.17) is 11.6 Å². The minimum atomic E-state index is -4.74. The zero-order chi connectivity index (χ0) is 21.3. The monoisotopic (exact) mass is 435 g/mol. The molecule has 0 atom stereocenters. The van der Waals surface area contributed by atoms with Crippen molar-refractivity contribution in [2.24, 2.45) is 10.2 Å². The first-order chi connectivity index (χ1) is 13.6. The van der Waals surface area contributed by atoms with Crippen LogP contribution >= 0.6 is 11.6 Å². The molecule has 0 aliphatic carbocycles. The lowest BCUT2D eigenvalue weighted by Crippen LogP contribution is -2.05. The van der Waals surface area contributed by atoms with Crippen LogP contribution in [0, 0.1) is 0 Å². The van der Waals surface area contributed by atoms with Gasteiger partial charge in [-0.2, -0.15) is 8.42 Å². The van der Waals surface area contributed by atoms with Crippen LogP contribution in [0.1, 0.15) is 6.92 Å². The van der Waals surface area contributed by atoms with E-state index in [1.54, 1.807) is 24.3 Å². The van der Waals surface area contributed by atoms with Crippen LogP contribution in [0.2, 0.25) is 5.02 Å². The third kappa shape index (κ3) is 4.29. The van der Waals surface area contributed by atoms with E-state index in [1.807, 2.05) is 0 Å². The third-order valence-corrected chi connectivity index (χ3v) is 4.95. The van der Waals surface area contributed by atoms with Crippen molar-refractivity contribution in [3.8, 4) is 11.5 Å². The predicted octanol–water partition coefficient (Wildman–Crippen LogP) is 4.52. The number of nitrogens with zero attached hydrogens (tertiary/aromatic N) is 2. The number of rotatable bonds is 4. The maximum absolute atomic E-state index is 11.4. The molecule has 0 aliphatic heterocycles. The van der Waals surface area contributed by atoms with Gasteiger partial charge in [-0.1, -0.05) is 35.9 Å². The largest absolute Gasteiger partial charge is 0.505 e. The highest BCUT2D eigenvalue weighted by Gasteiger charge is 2.20. The van der Waals surface area contributed by atoms with Crippen molar-refractivity contribution in [3.63, 3.8) is 0 Å². The first kappa shape index (κ1) is 20.5. The standard InChI is InChI=1S/C18H14ClN3O6S/c1-9(23)20-14-8-13(11-4-2-3-5-12(11)17(14)24)21-22-15-6-10(19)7-16(18(15)25)29(26,27)28/h2-8,24-25H,1H3,(H,20,23)(H,26,27,28). The second kappa shape index (κ2) is 7.66. The number of phenolic OH excluding ortho intramolecular Hbond substituents is 2. The third-order valence-electron chi connectivity index (χ3n) is 3.87. The Bertz CT molecular complexity index is 1270. The Morgan fingerprint density at radius 2 is 1.62 bits per heavy atom. The zero-order valence-electron chi connectivity index (χ0n) is 14.8. The normalized spacial score (nSPS) is 11.8. The highest BCUT2D eigenvalue weighted by molar-refractivity contribution is 7.86. The van der Waals surface area contributed by atoms with Crippen LogP contribution < -0.4 is 5.32 Å². The first-order valence-corrected chi connectivity index (χ1v) is 9.83. The Balaban J connectivity index is 2.18. The fraction of sp³-hybridized carbons (Fsp3) is 0.0556. The number of anilines is 1. The van der Waals surface area contributed by atoms with Crippen molar-refractivity contribution in [1.82, 2.24) is 0 Å². The molecular formula is C18H14ClN3O6S. The number of fused-ring (bicyclic) bond motifs is 1. The first-order valence-electron chi connectivity index (χ1n) is 8.02. The second-order valence-electron chi connectivity index (χ2n) is 5.97. The summed E-state index contributed by atoms with van der Waals surface area (Å²) in [5.41, 5.74) is 0.0115. The number of hydrogen-bond acceptors (Lipinski definition) is 7. The summed E-state index contributed by atoms with van der Waals surface area (Å²) in [6.07, 6.45) is 0. The summed E-state index contributed by atoms with van der Waals surface area (Å²) >= 11 is 5.84. The highest BCUT2D eigenvalue weighted by atomic mass is 35.5. The summed E-state index contributed by atoms with van der Waals surface area (Å²) in [6.45, 7) is 1.27. The number of phenols is 2. The molecule has 9 nitrogen and oxygen atoms in total. The molecule has 3 aromatic rings. The molecule has 0 unspecified atom stereocenters. The number of benzene rings is 3. The molecule has 0 fully saturated rings. The molecule has 0 saturated heterocycles. The van der Waals surface area contributed by atoms with Gasteiger partial charge >= 0.3 is 0 Å². The van der Waals surface area contributed by atoms with Gasteiger partial charge in [-0.3, -0.25) is 9.35 Å². The summed E-state index contributed by atoms with van der Waals surface area (Å²) in [5, 5.41) is 31.6. The molecule has 29 heavy (non-hydrogen) atoms. The lowest BCUT2D eigenvalue weighted by Gasteiger charge is -2.10. The van der Waals surface area contributed by atoms with Crippen molar-refractivity contribution < 1.29 is 28.0 Å². The molecule has 0 bridgehead atoms. The molecule has 3 aromatic carbocycles. The van der Waals surface area contributed by atoms with E-state index in [0.29, 0.717) is 10.8 Å². The molecule has 3 rings (SSSR count). The molecule has 4 N–H and O–H groups in total. The molecule has 11 heteroatoms. The number of carbonyl (C=O) groups is 1. The maximum Gasteiger partial charge on any atom is 0.298 e.